The third-order valence-electron chi connectivity index (χ3n) is 2.70. The number of nitrogen functional groups attached to an aromatic ring is 1. The second kappa shape index (κ2) is 5.79. The lowest BCUT2D eigenvalue weighted by Gasteiger charge is -2.27. The highest BCUT2D eigenvalue weighted by molar-refractivity contribution is 5.92. The molecule has 1 aliphatic heterocycles. The predicted molar refractivity (Wildman–Crippen MR) is 66.2 cm³/mol. The molecule has 0 aliphatic carbocycles. The summed E-state index contributed by atoms with van der Waals surface area (Å²) in [7, 11) is 1.71. The molecule has 1 aliphatic rings. The first-order chi connectivity index (χ1) is 8.66. The molecule has 1 amide bonds. The molecule has 0 saturated carbocycles. The summed E-state index contributed by atoms with van der Waals surface area (Å²) in [5.74, 6) is 0.169. The van der Waals surface area contributed by atoms with Crippen molar-refractivity contribution in [2.75, 3.05) is 39.1 Å². The molecule has 1 aromatic rings. The van der Waals surface area contributed by atoms with Crippen LogP contribution in [0.4, 0.5) is 5.82 Å². The zero-order valence-electron chi connectivity index (χ0n) is 10.3. The Labute approximate surface area is 106 Å². The van der Waals surface area contributed by atoms with E-state index in [0.717, 1.165) is 0 Å². The molecule has 6 heteroatoms. The maximum absolute atomic E-state index is 12.1. The van der Waals surface area contributed by atoms with E-state index < -0.39 is 0 Å². The highest BCUT2D eigenvalue weighted by atomic mass is 16.6. The number of ether oxygens (including phenoxy) is 2. The summed E-state index contributed by atoms with van der Waals surface area (Å²) in [6.45, 7) is 2.19. The van der Waals surface area contributed by atoms with Crippen LogP contribution in [0.25, 0.3) is 0 Å². The molecular weight excluding hydrogens is 234 g/mol. The van der Waals surface area contributed by atoms with E-state index in [4.69, 9.17) is 15.2 Å². The first-order valence-electron chi connectivity index (χ1n) is 5.84. The molecule has 6 nitrogen and oxygen atoms in total. The number of pyridine rings is 1. The maximum Gasteiger partial charge on any atom is 0.272 e. The van der Waals surface area contributed by atoms with Crippen LogP contribution >= 0.6 is 0 Å². The smallest absolute Gasteiger partial charge is 0.272 e. The largest absolute Gasteiger partial charge is 0.384 e. The minimum absolute atomic E-state index is 0.0752. The van der Waals surface area contributed by atoms with E-state index in [-0.39, 0.29) is 12.0 Å². The fourth-order valence-corrected chi connectivity index (χ4v) is 1.80. The van der Waals surface area contributed by atoms with Crippen LogP contribution in [0.15, 0.2) is 18.2 Å². The molecule has 2 N–H and O–H groups in total. The van der Waals surface area contributed by atoms with Crippen molar-refractivity contribution in [3.05, 3.63) is 23.9 Å². The van der Waals surface area contributed by atoms with E-state index >= 15 is 0 Å². The predicted octanol–water partition coefficient (Wildman–Crippen LogP) is 0.151. The Morgan fingerprint density at radius 2 is 2.39 bits per heavy atom. The lowest BCUT2D eigenvalue weighted by molar-refractivity contribution is -0.0933. The molecule has 2 heterocycles. The van der Waals surface area contributed by atoms with Gasteiger partial charge in [0.15, 0.2) is 0 Å². The van der Waals surface area contributed by atoms with Gasteiger partial charge in [0.25, 0.3) is 5.91 Å². The summed E-state index contributed by atoms with van der Waals surface area (Å²) < 4.78 is 10.8. The van der Waals surface area contributed by atoms with Crippen molar-refractivity contribution in [1.29, 1.82) is 0 Å². The topological polar surface area (TPSA) is 77.7 Å². The number of likely N-dealkylation sites (N-methyl/N-ethyl adjacent to an activating group) is 1. The molecular formula is C12H17N3O3. The van der Waals surface area contributed by atoms with Crippen LogP contribution in [-0.2, 0) is 9.47 Å². The zero-order chi connectivity index (χ0) is 13.0. The minimum atomic E-state index is -0.170. The molecule has 0 aromatic carbocycles. The third-order valence-corrected chi connectivity index (χ3v) is 2.70. The first-order valence-corrected chi connectivity index (χ1v) is 5.84. The van der Waals surface area contributed by atoms with E-state index in [0.29, 0.717) is 37.9 Å². The first kappa shape index (κ1) is 12.8. The van der Waals surface area contributed by atoms with Gasteiger partial charge in [0.05, 0.1) is 25.9 Å². The van der Waals surface area contributed by atoms with Crippen LogP contribution in [0.3, 0.4) is 0 Å². The maximum atomic E-state index is 12.1. The van der Waals surface area contributed by atoms with E-state index in [1.165, 1.54) is 0 Å². The van der Waals surface area contributed by atoms with Crippen LogP contribution in [0.5, 0.6) is 0 Å². The monoisotopic (exact) mass is 251 g/mol. The summed E-state index contributed by atoms with van der Waals surface area (Å²) in [6.07, 6.45) is -0.0752. The number of carbonyl (C=O) groups is 1. The van der Waals surface area contributed by atoms with Crippen LogP contribution in [0.2, 0.25) is 0 Å². The quantitative estimate of drug-likeness (QED) is 0.827. The number of amides is 1. The van der Waals surface area contributed by atoms with Crippen LogP contribution in [0.1, 0.15) is 10.5 Å². The molecule has 0 unspecified atom stereocenters. The molecule has 2 rings (SSSR count). The Kier molecular flexibility index (Phi) is 4.11. The van der Waals surface area contributed by atoms with Gasteiger partial charge in [0.2, 0.25) is 0 Å². The van der Waals surface area contributed by atoms with Crippen molar-refractivity contribution in [2.45, 2.75) is 6.10 Å². The molecule has 1 fully saturated rings. The summed E-state index contributed by atoms with van der Waals surface area (Å²) in [6, 6.07) is 5.01. The summed E-state index contributed by atoms with van der Waals surface area (Å²) >= 11 is 0. The lowest BCUT2D eigenvalue weighted by atomic mass is 10.2. The van der Waals surface area contributed by atoms with Gasteiger partial charge in [-0.05, 0) is 12.1 Å². The number of nitrogens with zero attached hydrogens (tertiary/aromatic N) is 2. The Balaban J connectivity index is 1.95. The third kappa shape index (κ3) is 3.18. The van der Waals surface area contributed by atoms with Crippen LogP contribution < -0.4 is 5.73 Å². The standard InChI is InChI=1S/C12H17N3O3/c1-15(7-9-8-17-5-6-18-9)12(16)10-3-2-4-11(13)14-10/h2-4,9H,5-8H2,1H3,(H2,13,14)/t9-/m1/s1. The molecule has 0 radical (unpaired) electrons. The number of hydrogen-bond acceptors (Lipinski definition) is 5. The van der Waals surface area contributed by atoms with Gasteiger partial charge in [-0.3, -0.25) is 4.79 Å². The second-order valence-corrected chi connectivity index (χ2v) is 4.20. The highest BCUT2D eigenvalue weighted by Gasteiger charge is 2.20. The number of aromatic nitrogens is 1. The Hall–Kier alpha value is -1.66. The molecule has 1 saturated heterocycles. The van der Waals surface area contributed by atoms with Crippen molar-refractivity contribution in [3.63, 3.8) is 0 Å². The van der Waals surface area contributed by atoms with Gasteiger partial charge < -0.3 is 20.1 Å². The average Bonchev–Trinajstić information content (AvgIpc) is 2.39. The van der Waals surface area contributed by atoms with Gasteiger partial charge in [-0.25, -0.2) is 4.98 Å². The molecule has 0 bridgehead atoms. The Morgan fingerprint density at radius 1 is 1.56 bits per heavy atom. The van der Waals surface area contributed by atoms with Crippen molar-refractivity contribution in [3.8, 4) is 0 Å². The number of hydrogen-bond donors (Lipinski definition) is 1. The van der Waals surface area contributed by atoms with E-state index in [1.807, 2.05) is 0 Å². The molecule has 98 valence electrons. The SMILES string of the molecule is CN(C[C@@H]1COCCO1)C(=O)c1cccc(N)n1. The van der Waals surface area contributed by atoms with Gasteiger partial charge in [-0.2, -0.15) is 0 Å². The summed E-state index contributed by atoms with van der Waals surface area (Å²) in [4.78, 5) is 17.7. The van der Waals surface area contributed by atoms with Gasteiger partial charge in [0.1, 0.15) is 11.5 Å². The molecule has 18 heavy (non-hydrogen) atoms. The Bertz CT molecular complexity index is 419. The van der Waals surface area contributed by atoms with E-state index in [1.54, 1.807) is 30.1 Å². The summed E-state index contributed by atoms with van der Waals surface area (Å²) in [5, 5.41) is 0. The van der Waals surface area contributed by atoms with Crippen LogP contribution in [-0.4, -0.2) is 55.3 Å². The van der Waals surface area contributed by atoms with Gasteiger partial charge >= 0.3 is 0 Å². The number of carbonyl (C=O) groups excluding carboxylic acids is 1. The molecule has 0 spiro atoms. The minimum Gasteiger partial charge on any atom is -0.384 e. The fraction of sp³-hybridized carbons (Fsp3) is 0.500. The second-order valence-electron chi connectivity index (χ2n) is 4.20. The number of anilines is 1. The van der Waals surface area contributed by atoms with Gasteiger partial charge in [-0.15, -0.1) is 0 Å². The number of rotatable bonds is 3. The molecule has 1 atom stereocenters. The molecule has 1 aromatic heterocycles. The normalized spacial score (nSPS) is 19.5. The number of nitrogens with two attached hydrogens (primary N) is 1. The average molecular weight is 251 g/mol. The van der Waals surface area contributed by atoms with Crippen molar-refractivity contribution in [2.24, 2.45) is 0 Å². The highest BCUT2D eigenvalue weighted by Crippen LogP contribution is 2.07. The van der Waals surface area contributed by atoms with Crippen molar-refractivity contribution < 1.29 is 14.3 Å². The van der Waals surface area contributed by atoms with Gasteiger partial charge in [0, 0.05) is 13.6 Å². The van der Waals surface area contributed by atoms with E-state index in [9.17, 15) is 4.79 Å². The van der Waals surface area contributed by atoms with Crippen LogP contribution in [0, 0.1) is 0 Å². The fourth-order valence-electron chi connectivity index (χ4n) is 1.80. The van der Waals surface area contributed by atoms with Crippen molar-refractivity contribution in [1.82, 2.24) is 9.88 Å². The van der Waals surface area contributed by atoms with E-state index in [2.05, 4.69) is 4.98 Å². The zero-order valence-corrected chi connectivity index (χ0v) is 10.3. The van der Waals surface area contributed by atoms with Crippen molar-refractivity contribution >= 4 is 11.7 Å². The van der Waals surface area contributed by atoms with Gasteiger partial charge in [-0.1, -0.05) is 6.07 Å². The lowest BCUT2D eigenvalue weighted by Crippen LogP contribution is -2.41. The summed E-state index contributed by atoms with van der Waals surface area (Å²) in [5.41, 5.74) is 5.90. The Morgan fingerprint density at radius 3 is 3.06 bits per heavy atom.